The molecule has 1 aromatic carbocycles. The molecule has 120 valence electrons. The summed E-state index contributed by atoms with van der Waals surface area (Å²) in [5.74, 6) is 0.782. The number of benzene rings is 1. The van der Waals surface area contributed by atoms with Crippen LogP contribution in [0.2, 0.25) is 0 Å². The number of furan rings is 1. The lowest BCUT2D eigenvalue weighted by Crippen LogP contribution is -2.39. The molecule has 3 rings (SSSR count). The Balaban J connectivity index is 2.05. The van der Waals surface area contributed by atoms with Crippen LogP contribution >= 0.6 is 11.3 Å². The second kappa shape index (κ2) is 5.81. The number of aromatic nitrogens is 1. The third-order valence-electron chi connectivity index (χ3n) is 3.62. The van der Waals surface area contributed by atoms with Crippen LogP contribution in [0.5, 0.6) is 0 Å². The van der Waals surface area contributed by atoms with Crippen molar-refractivity contribution in [3.8, 4) is 0 Å². The highest BCUT2D eigenvalue weighted by Crippen LogP contribution is 2.33. The second-order valence-electron chi connectivity index (χ2n) is 6.64. The summed E-state index contributed by atoms with van der Waals surface area (Å²) < 4.78 is 6.52. The van der Waals surface area contributed by atoms with Crippen LogP contribution in [-0.4, -0.2) is 10.9 Å². The highest BCUT2D eigenvalue weighted by molar-refractivity contribution is 7.22. The molecule has 0 fully saturated rings. The van der Waals surface area contributed by atoms with Crippen molar-refractivity contribution >= 4 is 32.6 Å². The van der Waals surface area contributed by atoms with Crippen molar-refractivity contribution in [1.29, 1.82) is 0 Å². The van der Waals surface area contributed by atoms with E-state index >= 15 is 0 Å². The van der Waals surface area contributed by atoms with E-state index in [0.29, 0.717) is 11.7 Å². The Morgan fingerprint density at radius 1 is 1.26 bits per heavy atom. The lowest BCUT2D eigenvalue weighted by atomic mass is 9.95. The van der Waals surface area contributed by atoms with Crippen LogP contribution in [-0.2, 0) is 11.3 Å². The van der Waals surface area contributed by atoms with E-state index in [-0.39, 0.29) is 5.91 Å². The quantitative estimate of drug-likeness (QED) is 0.695. The van der Waals surface area contributed by atoms with Crippen molar-refractivity contribution < 1.29 is 9.21 Å². The first-order valence-electron chi connectivity index (χ1n) is 7.57. The molecule has 0 aliphatic carbocycles. The maximum absolute atomic E-state index is 12.9. The Morgan fingerprint density at radius 2 is 2.04 bits per heavy atom. The van der Waals surface area contributed by atoms with Gasteiger partial charge in [0.1, 0.15) is 5.76 Å². The summed E-state index contributed by atoms with van der Waals surface area (Å²) in [5.41, 5.74) is 1.59. The Hall–Kier alpha value is -2.14. The number of amides is 1. The van der Waals surface area contributed by atoms with Gasteiger partial charge < -0.3 is 4.42 Å². The number of rotatable bonds is 3. The lowest BCUT2D eigenvalue weighted by Gasteiger charge is -2.26. The summed E-state index contributed by atoms with van der Waals surface area (Å²) in [6, 6.07) is 9.80. The van der Waals surface area contributed by atoms with Gasteiger partial charge in [-0.3, -0.25) is 9.69 Å². The van der Waals surface area contributed by atoms with E-state index < -0.39 is 5.41 Å². The standard InChI is InChI=1S/C18H20N2O2S/c1-12-7-5-9-14-15(12)19-17(23-14)20(16(21)18(2,3)4)11-13-8-6-10-22-13/h5-10H,11H2,1-4H3. The van der Waals surface area contributed by atoms with Crippen molar-refractivity contribution in [2.24, 2.45) is 5.41 Å². The van der Waals surface area contributed by atoms with Gasteiger partial charge in [0.15, 0.2) is 5.13 Å². The molecule has 0 bridgehead atoms. The summed E-state index contributed by atoms with van der Waals surface area (Å²) in [7, 11) is 0. The molecule has 0 N–H and O–H groups in total. The Labute approximate surface area is 139 Å². The summed E-state index contributed by atoms with van der Waals surface area (Å²) in [4.78, 5) is 19.3. The predicted molar refractivity (Wildman–Crippen MR) is 93.7 cm³/mol. The van der Waals surface area contributed by atoms with E-state index in [1.165, 1.54) is 11.3 Å². The first-order valence-corrected chi connectivity index (χ1v) is 8.38. The zero-order chi connectivity index (χ0) is 16.6. The summed E-state index contributed by atoms with van der Waals surface area (Å²) in [5, 5.41) is 0.714. The Bertz CT molecular complexity index is 828. The molecule has 0 aliphatic heterocycles. The fourth-order valence-electron chi connectivity index (χ4n) is 2.38. The van der Waals surface area contributed by atoms with E-state index in [1.807, 2.05) is 58.0 Å². The van der Waals surface area contributed by atoms with Crippen LogP contribution in [0.1, 0.15) is 32.1 Å². The predicted octanol–water partition coefficient (Wildman–Crippen LogP) is 4.78. The van der Waals surface area contributed by atoms with Gasteiger partial charge in [0, 0.05) is 5.41 Å². The van der Waals surface area contributed by atoms with E-state index in [2.05, 4.69) is 0 Å². The largest absolute Gasteiger partial charge is 0.467 e. The molecule has 5 heteroatoms. The SMILES string of the molecule is Cc1cccc2sc(N(Cc3ccco3)C(=O)C(C)(C)C)nc12. The number of carbonyl (C=O) groups is 1. The normalized spacial score (nSPS) is 11.8. The zero-order valence-electron chi connectivity index (χ0n) is 13.8. The maximum atomic E-state index is 12.9. The molecule has 0 saturated carbocycles. The second-order valence-corrected chi connectivity index (χ2v) is 7.65. The molecule has 0 saturated heterocycles. The number of nitrogens with zero attached hydrogens (tertiary/aromatic N) is 2. The molecule has 23 heavy (non-hydrogen) atoms. The maximum Gasteiger partial charge on any atom is 0.234 e. The van der Waals surface area contributed by atoms with E-state index in [4.69, 9.17) is 9.40 Å². The van der Waals surface area contributed by atoms with Gasteiger partial charge in [0.25, 0.3) is 0 Å². The molecule has 2 heterocycles. The average Bonchev–Trinajstić information content (AvgIpc) is 3.12. The van der Waals surface area contributed by atoms with Crippen LogP contribution in [0.3, 0.4) is 0 Å². The van der Waals surface area contributed by atoms with Gasteiger partial charge in [-0.05, 0) is 30.7 Å². The van der Waals surface area contributed by atoms with E-state index in [0.717, 1.165) is 21.5 Å². The van der Waals surface area contributed by atoms with Gasteiger partial charge in [0.2, 0.25) is 5.91 Å². The third kappa shape index (κ3) is 3.15. The van der Waals surface area contributed by atoms with Crippen LogP contribution in [0.15, 0.2) is 41.0 Å². The molecule has 0 atom stereocenters. The zero-order valence-corrected chi connectivity index (χ0v) is 14.6. The molecule has 3 aromatic rings. The van der Waals surface area contributed by atoms with Crippen molar-refractivity contribution in [3.63, 3.8) is 0 Å². The molecule has 0 unspecified atom stereocenters. The number of thiazole rings is 1. The minimum atomic E-state index is -0.487. The van der Waals surface area contributed by atoms with Gasteiger partial charge in [-0.15, -0.1) is 0 Å². The van der Waals surface area contributed by atoms with Crippen molar-refractivity contribution in [2.45, 2.75) is 34.2 Å². The number of fused-ring (bicyclic) bond motifs is 1. The Kier molecular flexibility index (Phi) is 3.98. The number of aryl methyl sites for hydroxylation is 1. The van der Waals surface area contributed by atoms with Gasteiger partial charge in [-0.2, -0.15) is 0 Å². The number of carbonyl (C=O) groups excluding carboxylic acids is 1. The Morgan fingerprint density at radius 3 is 2.65 bits per heavy atom. The van der Waals surface area contributed by atoms with E-state index in [1.54, 1.807) is 11.2 Å². The van der Waals surface area contributed by atoms with Crippen LogP contribution < -0.4 is 4.90 Å². The molecule has 0 radical (unpaired) electrons. The van der Waals surface area contributed by atoms with Gasteiger partial charge in [0.05, 0.1) is 23.0 Å². The molecular formula is C18H20N2O2S. The molecule has 0 aliphatic rings. The fourth-order valence-corrected chi connectivity index (χ4v) is 3.42. The first kappa shape index (κ1) is 15.7. The minimum Gasteiger partial charge on any atom is -0.467 e. The highest BCUT2D eigenvalue weighted by Gasteiger charge is 2.30. The van der Waals surface area contributed by atoms with Crippen molar-refractivity contribution in [2.75, 3.05) is 4.90 Å². The summed E-state index contributed by atoms with van der Waals surface area (Å²) in [6.45, 7) is 8.19. The van der Waals surface area contributed by atoms with Crippen LogP contribution in [0.4, 0.5) is 5.13 Å². The molecular weight excluding hydrogens is 308 g/mol. The van der Waals surface area contributed by atoms with Crippen molar-refractivity contribution in [3.05, 3.63) is 47.9 Å². The monoisotopic (exact) mass is 328 g/mol. The van der Waals surface area contributed by atoms with Gasteiger partial charge >= 0.3 is 0 Å². The smallest absolute Gasteiger partial charge is 0.234 e. The molecule has 0 spiro atoms. The van der Waals surface area contributed by atoms with Crippen LogP contribution in [0, 0.1) is 12.3 Å². The minimum absolute atomic E-state index is 0.0330. The molecule has 2 aromatic heterocycles. The highest BCUT2D eigenvalue weighted by atomic mass is 32.1. The van der Waals surface area contributed by atoms with Crippen LogP contribution in [0.25, 0.3) is 10.2 Å². The lowest BCUT2D eigenvalue weighted by molar-refractivity contribution is -0.126. The number of hydrogen-bond acceptors (Lipinski definition) is 4. The fraction of sp³-hybridized carbons (Fsp3) is 0.333. The first-order chi connectivity index (χ1) is 10.9. The topological polar surface area (TPSA) is 46.3 Å². The summed E-state index contributed by atoms with van der Waals surface area (Å²) >= 11 is 1.54. The third-order valence-corrected chi connectivity index (χ3v) is 4.66. The molecule has 4 nitrogen and oxygen atoms in total. The average molecular weight is 328 g/mol. The van der Waals surface area contributed by atoms with Crippen molar-refractivity contribution in [1.82, 2.24) is 4.98 Å². The van der Waals surface area contributed by atoms with Gasteiger partial charge in [-0.25, -0.2) is 4.98 Å². The van der Waals surface area contributed by atoms with Gasteiger partial charge in [-0.1, -0.05) is 44.2 Å². The number of para-hydroxylation sites is 1. The van der Waals surface area contributed by atoms with E-state index in [9.17, 15) is 4.79 Å². The molecule has 1 amide bonds. The number of anilines is 1. The summed E-state index contributed by atoms with van der Waals surface area (Å²) in [6.07, 6.45) is 1.62. The number of hydrogen-bond donors (Lipinski definition) is 0.